The normalized spacial score (nSPS) is 23.2. The third-order valence-electron chi connectivity index (χ3n) is 4.25. The van der Waals surface area contributed by atoms with E-state index in [-0.39, 0.29) is 11.4 Å². The van der Waals surface area contributed by atoms with Crippen molar-refractivity contribution in [3.05, 3.63) is 34.6 Å². The van der Waals surface area contributed by atoms with Gasteiger partial charge in [-0.1, -0.05) is 31.5 Å². The molecule has 112 valence electrons. The molecule has 1 aliphatic rings. The summed E-state index contributed by atoms with van der Waals surface area (Å²) in [4.78, 5) is 2.36. The smallest absolute Gasteiger partial charge is 0.129 e. The summed E-state index contributed by atoms with van der Waals surface area (Å²) in [6.45, 7) is 11.3. The zero-order valence-corrected chi connectivity index (χ0v) is 13.5. The largest absolute Gasteiger partial charge is 0.311 e. The van der Waals surface area contributed by atoms with Crippen LogP contribution in [0.3, 0.4) is 0 Å². The Morgan fingerprint density at radius 2 is 2.15 bits per heavy atom. The second-order valence-corrected chi connectivity index (χ2v) is 7.10. The molecule has 1 atom stereocenters. The van der Waals surface area contributed by atoms with Crippen LogP contribution in [0, 0.1) is 11.7 Å². The molecule has 2 rings (SSSR count). The molecular formula is C16H24ClFN2. The van der Waals surface area contributed by atoms with Crippen LogP contribution in [0.2, 0.25) is 5.02 Å². The average molecular weight is 299 g/mol. The molecule has 4 heteroatoms. The molecule has 1 unspecified atom stereocenters. The van der Waals surface area contributed by atoms with Gasteiger partial charge in [-0.05, 0) is 31.9 Å². The van der Waals surface area contributed by atoms with Crippen molar-refractivity contribution in [3.8, 4) is 0 Å². The molecular weight excluding hydrogens is 275 g/mol. The summed E-state index contributed by atoms with van der Waals surface area (Å²) in [7, 11) is 0. The third kappa shape index (κ3) is 3.51. The number of piperazine rings is 1. The van der Waals surface area contributed by atoms with E-state index < -0.39 is 0 Å². The number of nitrogens with zero attached hydrogens (tertiary/aromatic N) is 1. The second-order valence-electron chi connectivity index (χ2n) is 6.66. The Labute approximate surface area is 126 Å². The summed E-state index contributed by atoms with van der Waals surface area (Å²) >= 11 is 5.82. The molecule has 1 aliphatic heterocycles. The summed E-state index contributed by atoms with van der Waals surface area (Å²) in [6, 6.07) is 5.40. The summed E-state index contributed by atoms with van der Waals surface area (Å²) in [5, 5.41) is 4.04. The number of nitrogens with one attached hydrogen (secondary N) is 1. The fraction of sp³-hybridized carbons (Fsp3) is 0.625. The van der Waals surface area contributed by atoms with Gasteiger partial charge in [-0.3, -0.25) is 4.90 Å². The maximum atomic E-state index is 14.0. The minimum atomic E-state index is -0.215. The Hall–Kier alpha value is -0.640. The number of hydrogen-bond donors (Lipinski definition) is 1. The third-order valence-corrected chi connectivity index (χ3v) is 4.49. The Balaban J connectivity index is 2.16. The fourth-order valence-electron chi connectivity index (χ4n) is 2.62. The molecule has 0 saturated carbocycles. The van der Waals surface area contributed by atoms with Gasteiger partial charge in [-0.25, -0.2) is 4.39 Å². The Kier molecular flexibility index (Phi) is 4.73. The highest BCUT2D eigenvalue weighted by Crippen LogP contribution is 2.25. The predicted molar refractivity (Wildman–Crippen MR) is 82.5 cm³/mol. The van der Waals surface area contributed by atoms with E-state index in [4.69, 9.17) is 11.6 Å². The van der Waals surface area contributed by atoms with Crippen LogP contribution in [-0.2, 0) is 6.54 Å². The molecule has 0 radical (unpaired) electrons. The molecule has 1 fully saturated rings. The number of benzene rings is 1. The Morgan fingerprint density at radius 1 is 1.45 bits per heavy atom. The molecule has 0 spiro atoms. The first-order valence-electron chi connectivity index (χ1n) is 7.22. The molecule has 1 aromatic carbocycles. The van der Waals surface area contributed by atoms with Crippen LogP contribution in [0.15, 0.2) is 18.2 Å². The molecule has 0 bridgehead atoms. The SMILES string of the molecule is CC(C)C1CN(Cc2ccc(Cl)cc2F)C(C)(C)CN1. The van der Waals surface area contributed by atoms with Crippen LogP contribution in [0.4, 0.5) is 4.39 Å². The molecule has 2 nitrogen and oxygen atoms in total. The lowest BCUT2D eigenvalue weighted by molar-refractivity contribution is 0.0466. The van der Waals surface area contributed by atoms with E-state index in [9.17, 15) is 4.39 Å². The highest BCUT2D eigenvalue weighted by Gasteiger charge is 2.35. The van der Waals surface area contributed by atoms with Crippen LogP contribution in [0.1, 0.15) is 33.3 Å². The minimum Gasteiger partial charge on any atom is -0.311 e. The predicted octanol–water partition coefficient (Wildman–Crippen LogP) is 3.69. The van der Waals surface area contributed by atoms with Crippen molar-refractivity contribution in [2.45, 2.75) is 45.8 Å². The first-order chi connectivity index (χ1) is 9.29. The first-order valence-corrected chi connectivity index (χ1v) is 7.60. The monoisotopic (exact) mass is 298 g/mol. The Bertz CT molecular complexity index is 474. The molecule has 1 aromatic rings. The quantitative estimate of drug-likeness (QED) is 0.915. The number of rotatable bonds is 3. The van der Waals surface area contributed by atoms with Crippen molar-refractivity contribution in [2.75, 3.05) is 13.1 Å². The van der Waals surface area contributed by atoms with Gasteiger partial charge in [0.25, 0.3) is 0 Å². The van der Waals surface area contributed by atoms with Crippen LogP contribution in [-0.4, -0.2) is 29.6 Å². The second kappa shape index (κ2) is 6.00. The maximum Gasteiger partial charge on any atom is 0.129 e. The zero-order chi connectivity index (χ0) is 14.9. The van der Waals surface area contributed by atoms with E-state index in [0.717, 1.165) is 13.1 Å². The van der Waals surface area contributed by atoms with E-state index in [1.54, 1.807) is 12.1 Å². The van der Waals surface area contributed by atoms with Gasteiger partial charge in [0.2, 0.25) is 0 Å². The lowest BCUT2D eigenvalue weighted by Gasteiger charge is -2.47. The molecule has 0 aliphatic carbocycles. The van der Waals surface area contributed by atoms with E-state index in [0.29, 0.717) is 29.1 Å². The van der Waals surface area contributed by atoms with E-state index in [1.807, 2.05) is 0 Å². The summed E-state index contributed by atoms with van der Waals surface area (Å²) in [5.74, 6) is 0.358. The molecule has 1 heterocycles. The lowest BCUT2D eigenvalue weighted by atomic mass is 9.92. The number of hydrogen-bond acceptors (Lipinski definition) is 2. The zero-order valence-electron chi connectivity index (χ0n) is 12.7. The van der Waals surface area contributed by atoms with Crippen LogP contribution < -0.4 is 5.32 Å². The molecule has 1 N–H and O–H groups in total. The van der Waals surface area contributed by atoms with Crippen LogP contribution in [0.25, 0.3) is 0 Å². The molecule has 20 heavy (non-hydrogen) atoms. The van der Waals surface area contributed by atoms with Gasteiger partial charge in [0, 0.05) is 41.8 Å². The summed E-state index contributed by atoms with van der Waals surface area (Å²) in [6.07, 6.45) is 0. The topological polar surface area (TPSA) is 15.3 Å². The fourth-order valence-corrected chi connectivity index (χ4v) is 2.78. The van der Waals surface area contributed by atoms with Crippen LogP contribution >= 0.6 is 11.6 Å². The standard InChI is InChI=1S/C16H24ClFN2/c1-11(2)15-9-20(16(3,4)10-19-15)8-12-5-6-13(17)7-14(12)18/h5-7,11,15,19H,8-10H2,1-4H3. The van der Waals surface area contributed by atoms with Gasteiger partial charge >= 0.3 is 0 Å². The Morgan fingerprint density at radius 3 is 2.75 bits per heavy atom. The van der Waals surface area contributed by atoms with Crippen molar-refractivity contribution in [2.24, 2.45) is 5.92 Å². The van der Waals surface area contributed by atoms with Crippen molar-refractivity contribution in [1.82, 2.24) is 10.2 Å². The van der Waals surface area contributed by atoms with Crippen molar-refractivity contribution >= 4 is 11.6 Å². The molecule has 0 aromatic heterocycles. The lowest BCUT2D eigenvalue weighted by Crippen LogP contribution is -2.62. The van der Waals surface area contributed by atoms with Crippen molar-refractivity contribution in [3.63, 3.8) is 0 Å². The van der Waals surface area contributed by atoms with Gasteiger partial charge < -0.3 is 5.32 Å². The maximum absolute atomic E-state index is 14.0. The highest BCUT2D eigenvalue weighted by atomic mass is 35.5. The van der Waals surface area contributed by atoms with Crippen LogP contribution in [0.5, 0.6) is 0 Å². The average Bonchev–Trinajstić information content (AvgIpc) is 2.34. The molecule has 1 saturated heterocycles. The van der Waals surface area contributed by atoms with Crippen molar-refractivity contribution < 1.29 is 4.39 Å². The highest BCUT2D eigenvalue weighted by molar-refractivity contribution is 6.30. The summed E-state index contributed by atoms with van der Waals surface area (Å²) < 4.78 is 14.0. The first kappa shape index (κ1) is 15.7. The molecule has 0 amide bonds. The van der Waals surface area contributed by atoms with E-state index in [1.165, 1.54) is 6.07 Å². The van der Waals surface area contributed by atoms with Gasteiger partial charge in [0.1, 0.15) is 5.82 Å². The summed E-state index contributed by atoms with van der Waals surface area (Å²) in [5.41, 5.74) is 0.740. The van der Waals surface area contributed by atoms with Gasteiger partial charge in [-0.2, -0.15) is 0 Å². The minimum absolute atomic E-state index is 0.0253. The van der Waals surface area contributed by atoms with Crippen molar-refractivity contribution in [1.29, 1.82) is 0 Å². The van der Waals surface area contributed by atoms with Gasteiger partial charge in [0.15, 0.2) is 0 Å². The number of halogens is 2. The van der Waals surface area contributed by atoms with E-state index >= 15 is 0 Å². The van der Waals surface area contributed by atoms with E-state index in [2.05, 4.69) is 37.9 Å². The van der Waals surface area contributed by atoms with Gasteiger partial charge in [0.05, 0.1) is 0 Å². The van der Waals surface area contributed by atoms with Gasteiger partial charge in [-0.15, -0.1) is 0 Å².